The summed E-state index contributed by atoms with van der Waals surface area (Å²) in [6.07, 6.45) is 3.73. The molecule has 1 heterocycles. The van der Waals surface area contributed by atoms with Crippen LogP contribution in [0, 0.1) is 21.4 Å². The largest absolute Gasteiger partial charge is 0.465 e. The van der Waals surface area contributed by atoms with Crippen molar-refractivity contribution in [2.24, 2.45) is 0 Å². The van der Waals surface area contributed by atoms with Gasteiger partial charge in [0.15, 0.2) is 0 Å². The summed E-state index contributed by atoms with van der Waals surface area (Å²) in [5.74, 6) is -0.751. The van der Waals surface area contributed by atoms with Crippen molar-refractivity contribution in [3.05, 3.63) is 31.5 Å². The van der Waals surface area contributed by atoms with Gasteiger partial charge in [-0.2, -0.15) is 5.26 Å². The van der Waals surface area contributed by atoms with Crippen molar-refractivity contribution in [2.75, 3.05) is 7.11 Å². The minimum atomic E-state index is -0.751. The quantitative estimate of drug-likeness (QED) is 0.264. The van der Waals surface area contributed by atoms with Crippen LogP contribution in [-0.2, 0) is 16.0 Å². The molecule has 0 unspecified atom stereocenters. The number of carbonyl (C=O) groups is 1. The van der Waals surface area contributed by atoms with Crippen LogP contribution >= 0.6 is 11.3 Å². The van der Waals surface area contributed by atoms with Crippen molar-refractivity contribution in [3.8, 4) is 6.07 Å². The second-order valence-electron chi connectivity index (χ2n) is 3.98. The molecule has 0 aromatic carbocycles. The van der Waals surface area contributed by atoms with Crippen molar-refractivity contribution >= 4 is 29.1 Å². The molecule has 0 atom stereocenters. The van der Waals surface area contributed by atoms with Gasteiger partial charge in [0.05, 0.1) is 16.9 Å². The Morgan fingerprint density at radius 2 is 2.35 bits per heavy atom. The highest BCUT2D eigenvalue weighted by Gasteiger charge is 2.19. The summed E-state index contributed by atoms with van der Waals surface area (Å²) in [6, 6.07) is 3.11. The molecule has 6 nitrogen and oxygen atoms in total. The van der Waals surface area contributed by atoms with E-state index in [4.69, 9.17) is 5.26 Å². The number of hydrogen-bond acceptors (Lipinski definition) is 6. The van der Waals surface area contributed by atoms with Crippen LogP contribution in [0.25, 0.3) is 6.08 Å². The summed E-state index contributed by atoms with van der Waals surface area (Å²) in [5, 5.41) is 19.8. The fourth-order valence-electron chi connectivity index (χ4n) is 1.57. The Morgan fingerprint density at radius 3 is 2.85 bits per heavy atom. The summed E-state index contributed by atoms with van der Waals surface area (Å²) < 4.78 is 4.47. The highest BCUT2D eigenvalue weighted by molar-refractivity contribution is 7.13. The lowest BCUT2D eigenvalue weighted by Gasteiger charge is -1.94. The molecule has 106 valence electrons. The molecule has 0 bridgehead atoms. The van der Waals surface area contributed by atoms with E-state index in [0.717, 1.165) is 12.8 Å². The number of nitro groups is 1. The van der Waals surface area contributed by atoms with E-state index >= 15 is 0 Å². The van der Waals surface area contributed by atoms with E-state index in [2.05, 4.69) is 4.74 Å². The predicted molar refractivity (Wildman–Crippen MR) is 75.2 cm³/mol. The molecule has 0 amide bonds. The Kier molecular flexibility index (Phi) is 5.87. The minimum absolute atomic E-state index is 0.0388. The molecular formula is C13H14N2O4S. The molecule has 0 fully saturated rings. The molecule has 0 saturated heterocycles. The molecule has 1 rings (SSSR count). The number of thiophene rings is 1. The average Bonchev–Trinajstić information content (AvgIpc) is 2.84. The molecule has 0 aliphatic carbocycles. The number of rotatable bonds is 6. The highest BCUT2D eigenvalue weighted by atomic mass is 32.1. The molecule has 0 aliphatic heterocycles. The third-order valence-corrected chi connectivity index (χ3v) is 3.70. The van der Waals surface area contributed by atoms with Gasteiger partial charge >= 0.3 is 5.97 Å². The number of unbranched alkanes of at least 4 members (excludes halogenated alkanes) is 1. The number of hydrogen-bond donors (Lipinski definition) is 0. The molecule has 0 N–H and O–H groups in total. The van der Waals surface area contributed by atoms with Crippen LogP contribution in [0.4, 0.5) is 5.69 Å². The summed E-state index contributed by atoms with van der Waals surface area (Å²) in [7, 11) is 1.18. The van der Waals surface area contributed by atoms with E-state index in [1.807, 2.05) is 6.92 Å². The van der Waals surface area contributed by atoms with Gasteiger partial charge in [-0.3, -0.25) is 10.1 Å². The van der Waals surface area contributed by atoms with Crippen LogP contribution < -0.4 is 0 Å². The molecule has 0 saturated carbocycles. The molecular weight excluding hydrogens is 280 g/mol. The zero-order valence-corrected chi connectivity index (χ0v) is 12.0. The number of carbonyl (C=O) groups excluding carboxylic acids is 1. The molecule has 7 heteroatoms. The van der Waals surface area contributed by atoms with Gasteiger partial charge in [0, 0.05) is 10.9 Å². The maximum absolute atomic E-state index is 11.3. The average molecular weight is 294 g/mol. The Morgan fingerprint density at radius 1 is 1.65 bits per heavy atom. The van der Waals surface area contributed by atoms with Crippen LogP contribution in [-0.4, -0.2) is 18.0 Å². The molecule has 1 aromatic rings. The van der Waals surface area contributed by atoms with Gasteiger partial charge in [0.1, 0.15) is 11.6 Å². The number of nitrogens with zero attached hydrogens (tertiary/aromatic N) is 2. The fraction of sp³-hybridized carbons (Fsp3) is 0.385. The van der Waals surface area contributed by atoms with Gasteiger partial charge < -0.3 is 4.74 Å². The third-order valence-electron chi connectivity index (χ3n) is 2.57. The third kappa shape index (κ3) is 3.90. The Balaban J connectivity index is 3.14. The Bertz CT molecular complexity index is 584. The van der Waals surface area contributed by atoms with E-state index in [9.17, 15) is 14.9 Å². The summed E-state index contributed by atoms with van der Waals surface area (Å²) in [6.45, 7) is 2.01. The van der Waals surface area contributed by atoms with E-state index in [-0.39, 0.29) is 11.3 Å². The fourth-order valence-corrected chi connectivity index (χ4v) is 2.69. The first-order valence-corrected chi connectivity index (χ1v) is 6.82. The van der Waals surface area contributed by atoms with Crippen molar-refractivity contribution in [1.29, 1.82) is 5.26 Å². The van der Waals surface area contributed by atoms with Crippen molar-refractivity contribution in [3.63, 3.8) is 0 Å². The second kappa shape index (κ2) is 7.40. The van der Waals surface area contributed by atoms with E-state index in [0.29, 0.717) is 16.2 Å². The smallest absolute Gasteiger partial charge is 0.348 e. The summed E-state index contributed by atoms with van der Waals surface area (Å²) >= 11 is 1.22. The van der Waals surface area contributed by atoms with Crippen LogP contribution in [0.15, 0.2) is 11.6 Å². The Labute approximate surface area is 120 Å². The zero-order chi connectivity index (χ0) is 15.1. The SMILES string of the molecule is CCCCc1sc(/C=C(\C#N)C(=O)OC)cc1[N+](=O)[O-]. The van der Waals surface area contributed by atoms with E-state index < -0.39 is 10.9 Å². The first kappa shape index (κ1) is 15.9. The molecule has 20 heavy (non-hydrogen) atoms. The maximum Gasteiger partial charge on any atom is 0.348 e. The van der Waals surface area contributed by atoms with Gasteiger partial charge in [-0.15, -0.1) is 11.3 Å². The van der Waals surface area contributed by atoms with Gasteiger partial charge in [-0.1, -0.05) is 13.3 Å². The predicted octanol–water partition coefficient (Wildman–Crippen LogP) is 3.08. The lowest BCUT2D eigenvalue weighted by atomic mass is 10.2. The first-order chi connectivity index (χ1) is 9.53. The number of aryl methyl sites for hydroxylation is 1. The maximum atomic E-state index is 11.3. The van der Waals surface area contributed by atoms with Crippen LogP contribution in [0.2, 0.25) is 0 Å². The summed E-state index contributed by atoms with van der Waals surface area (Å²) in [5.41, 5.74) is -0.137. The monoisotopic (exact) mass is 294 g/mol. The van der Waals surface area contributed by atoms with E-state index in [1.54, 1.807) is 6.07 Å². The van der Waals surface area contributed by atoms with Gasteiger partial charge in [0.25, 0.3) is 5.69 Å². The standard InChI is InChI=1S/C13H14N2O4S/c1-3-4-5-12-11(15(17)18)7-10(20-12)6-9(8-14)13(16)19-2/h6-7H,3-5H2,1-2H3/b9-6+. The Hall–Kier alpha value is -2.20. The number of ether oxygens (including phenoxy) is 1. The first-order valence-electron chi connectivity index (χ1n) is 6.00. The summed E-state index contributed by atoms with van der Waals surface area (Å²) in [4.78, 5) is 23.0. The zero-order valence-electron chi connectivity index (χ0n) is 11.2. The minimum Gasteiger partial charge on any atom is -0.465 e. The van der Waals surface area contributed by atoms with Crippen molar-refractivity contribution < 1.29 is 14.5 Å². The molecule has 0 radical (unpaired) electrons. The van der Waals surface area contributed by atoms with Gasteiger partial charge in [0.2, 0.25) is 0 Å². The normalized spacial score (nSPS) is 10.9. The lowest BCUT2D eigenvalue weighted by Crippen LogP contribution is -2.02. The number of methoxy groups -OCH3 is 1. The highest BCUT2D eigenvalue weighted by Crippen LogP contribution is 2.32. The van der Waals surface area contributed by atoms with Crippen LogP contribution in [0.5, 0.6) is 0 Å². The van der Waals surface area contributed by atoms with Crippen LogP contribution in [0.3, 0.4) is 0 Å². The van der Waals surface area contributed by atoms with Crippen molar-refractivity contribution in [2.45, 2.75) is 26.2 Å². The number of esters is 1. The lowest BCUT2D eigenvalue weighted by molar-refractivity contribution is -0.385. The topological polar surface area (TPSA) is 93.2 Å². The molecule has 1 aromatic heterocycles. The van der Waals surface area contributed by atoms with Gasteiger partial charge in [-0.25, -0.2) is 4.79 Å². The number of nitriles is 1. The second-order valence-corrected chi connectivity index (χ2v) is 5.15. The van der Waals surface area contributed by atoms with Gasteiger partial charge in [-0.05, 0) is 18.9 Å². The molecule has 0 aliphatic rings. The van der Waals surface area contributed by atoms with Crippen molar-refractivity contribution in [1.82, 2.24) is 0 Å². The van der Waals surface area contributed by atoms with Crippen LogP contribution in [0.1, 0.15) is 29.5 Å². The van der Waals surface area contributed by atoms with E-state index in [1.165, 1.54) is 30.6 Å². The molecule has 0 spiro atoms.